The summed E-state index contributed by atoms with van der Waals surface area (Å²) in [5, 5.41) is 26.4. The molecule has 0 saturated carbocycles. The van der Waals surface area contributed by atoms with E-state index < -0.39 is 11.9 Å². The van der Waals surface area contributed by atoms with Gasteiger partial charge in [0.25, 0.3) is 5.69 Å². The van der Waals surface area contributed by atoms with Crippen LogP contribution in [0.4, 0.5) is 5.69 Å². The number of nitrogens with zero attached hydrogens (tertiary/aromatic N) is 3. The molecule has 2 aromatic rings. The third kappa shape index (κ3) is 7.78. The molecule has 2 aromatic carbocycles. The molecule has 0 aromatic heterocycles. The number of aliphatic carboxylic acids is 2. The summed E-state index contributed by atoms with van der Waals surface area (Å²) in [5.74, 6) is -3.65. The summed E-state index contributed by atoms with van der Waals surface area (Å²) in [5.41, 5.74) is 2.38. The topological polar surface area (TPSA) is 124 Å². The third-order valence-electron chi connectivity index (χ3n) is 4.47. The van der Waals surface area contributed by atoms with Crippen molar-refractivity contribution in [2.45, 2.75) is 13.1 Å². The summed E-state index contributed by atoms with van der Waals surface area (Å²) in [7, 11) is 0. The maximum absolute atomic E-state index is 10.9. The van der Waals surface area contributed by atoms with Crippen molar-refractivity contribution < 1.29 is 24.7 Å². The Hall–Kier alpha value is -3.01. The number of non-ortho nitro benzene ring substituents is 1. The highest BCUT2D eigenvalue weighted by atomic mass is 35.5. The average Bonchev–Trinajstić information content (AvgIpc) is 2.70. The highest BCUT2D eigenvalue weighted by molar-refractivity contribution is 6.30. The molecule has 2 N–H and O–H groups in total. The molecule has 3 rings (SSSR count). The van der Waals surface area contributed by atoms with E-state index >= 15 is 0 Å². The van der Waals surface area contributed by atoms with Crippen LogP contribution in [0.3, 0.4) is 0 Å². The second-order valence-electron chi connectivity index (χ2n) is 6.72. The summed E-state index contributed by atoms with van der Waals surface area (Å²) in [6, 6.07) is 14.9. The highest BCUT2D eigenvalue weighted by Gasteiger charge is 2.18. The van der Waals surface area contributed by atoms with Crippen molar-refractivity contribution in [3.8, 4) is 0 Å². The molecule has 0 atom stereocenters. The molecule has 1 aliphatic rings. The van der Waals surface area contributed by atoms with Crippen LogP contribution in [-0.4, -0.2) is 63.1 Å². The van der Waals surface area contributed by atoms with Gasteiger partial charge in [-0.05, 0) is 23.3 Å². The predicted molar refractivity (Wildman–Crippen MR) is 110 cm³/mol. The van der Waals surface area contributed by atoms with E-state index in [2.05, 4.69) is 15.9 Å². The zero-order valence-corrected chi connectivity index (χ0v) is 16.9. The Morgan fingerprint density at radius 1 is 0.900 bits per heavy atom. The zero-order chi connectivity index (χ0) is 22.1. The summed E-state index contributed by atoms with van der Waals surface area (Å²) >= 11 is 6.04. The van der Waals surface area contributed by atoms with Gasteiger partial charge in [0.15, 0.2) is 0 Å². The Kier molecular flexibility index (Phi) is 8.72. The fraction of sp³-hybridized carbons (Fsp3) is 0.300. The molecule has 0 amide bonds. The zero-order valence-electron chi connectivity index (χ0n) is 16.1. The van der Waals surface area contributed by atoms with Crippen LogP contribution in [0, 0.1) is 10.1 Å². The lowest BCUT2D eigenvalue weighted by atomic mass is 10.1. The number of carbonyl (C=O) groups is 2. The molecule has 1 saturated heterocycles. The van der Waals surface area contributed by atoms with Gasteiger partial charge in [-0.2, -0.15) is 0 Å². The molecule has 1 heterocycles. The number of nitro benzene ring substituents is 1. The second-order valence-corrected chi connectivity index (χ2v) is 7.16. The van der Waals surface area contributed by atoms with Crippen molar-refractivity contribution in [3.63, 3.8) is 0 Å². The number of hydrogen-bond acceptors (Lipinski definition) is 6. The lowest BCUT2D eigenvalue weighted by molar-refractivity contribution is -0.384. The first-order chi connectivity index (χ1) is 14.2. The molecular formula is C20H22ClN3O6. The Balaban J connectivity index is 0.000000469. The van der Waals surface area contributed by atoms with Gasteiger partial charge in [0, 0.05) is 56.4 Å². The predicted octanol–water partition coefficient (Wildman–Crippen LogP) is 2.72. The molecule has 0 spiro atoms. The lowest BCUT2D eigenvalue weighted by Crippen LogP contribution is -2.45. The van der Waals surface area contributed by atoms with E-state index in [-0.39, 0.29) is 10.6 Å². The first kappa shape index (κ1) is 23.3. The van der Waals surface area contributed by atoms with Gasteiger partial charge < -0.3 is 10.2 Å². The standard InChI is InChI=1S/C18H20ClN3O2.C2H2O4/c19-17-5-1-3-15(11-17)13-20-7-9-21(10-8-20)14-16-4-2-6-18(12-16)22(23)24;3-1(4)2(5)6/h1-6,11-12H,7-10,13-14H2;(H,3,4)(H,5,6). The number of carboxylic acids is 2. The minimum Gasteiger partial charge on any atom is -0.473 e. The van der Waals surface area contributed by atoms with Crippen LogP contribution < -0.4 is 0 Å². The van der Waals surface area contributed by atoms with E-state index in [9.17, 15) is 10.1 Å². The van der Waals surface area contributed by atoms with Crippen molar-refractivity contribution >= 4 is 29.2 Å². The molecular weight excluding hydrogens is 414 g/mol. The summed E-state index contributed by atoms with van der Waals surface area (Å²) in [4.78, 5) is 33.5. The maximum atomic E-state index is 10.9. The quantitative estimate of drug-likeness (QED) is 0.417. The largest absolute Gasteiger partial charge is 0.473 e. The normalized spacial score (nSPS) is 14.4. The molecule has 0 aliphatic carbocycles. The number of piperazine rings is 1. The Bertz CT molecular complexity index is 888. The average molecular weight is 436 g/mol. The van der Waals surface area contributed by atoms with Gasteiger partial charge >= 0.3 is 11.9 Å². The van der Waals surface area contributed by atoms with E-state index in [4.69, 9.17) is 31.4 Å². The number of hydrogen-bond donors (Lipinski definition) is 2. The monoisotopic (exact) mass is 435 g/mol. The van der Waals surface area contributed by atoms with Gasteiger partial charge in [-0.1, -0.05) is 35.9 Å². The molecule has 0 radical (unpaired) electrons. The van der Waals surface area contributed by atoms with Gasteiger partial charge in [-0.25, -0.2) is 9.59 Å². The second kappa shape index (κ2) is 11.2. The molecule has 0 unspecified atom stereocenters. The molecule has 0 bridgehead atoms. The summed E-state index contributed by atoms with van der Waals surface area (Å²) in [6.45, 7) is 5.56. The molecule has 30 heavy (non-hydrogen) atoms. The van der Waals surface area contributed by atoms with E-state index in [0.29, 0.717) is 0 Å². The van der Waals surface area contributed by atoms with E-state index in [1.807, 2.05) is 24.3 Å². The molecule has 10 heteroatoms. The fourth-order valence-corrected chi connectivity index (χ4v) is 3.24. The van der Waals surface area contributed by atoms with Crippen molar-refractivity contribution in [3.05, 3.63) is 74.8 Å². The maximum Gasteiger partial charge on any atom is 0.414 e. The Morgan fingerprint density at radius 3 is 1.80 bits per heavy atom. The van der Waals surface area contributed by atoms with Gasteiger partial charge in [-0.3, -0.25) is 19.9 Å². The van der Waals surface area contributed by atoms with Crippen LogP contribution in [-0.2, 0) is 22.7 Å². The highest BCUT2D eigenvalue weighted by Crippen LogP contribution is 2.17. The van der Waals surface area contributed by atoms with Crippen molar-refractivity contribution in [1.29, 1.82) is 0 Å². The lowest BCUT2D eigenvalue weighted by Gasteiger charge is -2.34. The van der Waals surface area contributed by atoms with Crippen LogP contribution >= 0.6 is 11.6 Å². The minimum atomic E-state index is -1.82. The van der Waals surface area contributed by atoms with Crippen LogP contribution in [0.15, 0.2) is 48.5 Å². The Morgan fingerprint density at radius 2 is 1.37 bits per heavy atom. The number of benzene rings is 2. The smallest absolute Gasteiger partial charge is 0.414 e. The summed E-state index contributed by atoms with van der Waals surface area (Å²) < 4.78 is 0. The van der Waals surface area contributed by atoms with Gasteiger partial charge in [0.1, 0.15) is 0 Å². The molecule has 1 fully saturated rings. The first-order valence-corrected chi connectivity index (χ1v) is 9.51. The molecule has 9 nitrogen and oxygen atoms in total. The van der Waals surface area contributed by atoms with Crippen molar-refractivity contribution in [2.75, 3.05) is 26.2 Å². The van der Waals surface area contributed by atoms with E-state index in [0.717, 1.165) is 49.9 Å². The number of rotatable bonds is 5. The minimum absolute atomic E-state index is 0.159. The third-order valence-corrected chi connectivity index (χ3v) is 4.71. The van der Waals surface area contributed by atoms with Crippen molar-refractivity contribution in [1.82, 2.24) is 9.80 Å². The van der Waals surface area contributed by atoms with E-state index in [1.165, 1.54) is 11.6 Å². The van der Waals surface area contributed by atoms with Gasteiger partial charge in [-0.15, -0.1) is 0 Å². The van der Waals surface area contributed by atoms with E-state index in [1.54, 1.807) is 12.1 Å². The summed E-state index contributed by atoms with van der Waals surface area (Å²) in [6.07, 6.45) is 0. The molecule has 1 aliphatic heterocycles. The van der Waals surface area contributed by atoms with Crippen LogP contribution in [0.5, 0.6) is 0 Å². The fourth-order valence-electron chi connectivity index (χ4n) is 3.03. The van der Waals surface area contributed by atoms with Crippen LogP contribution in [0.1, 0.15) is 11.1 Å². The number of carboxylic acid groups (broad SMARTS) is 2. The van der Waals surface area contributed by atoms with Crippen LogP contribution in [0.2, 0.25) is 5.02 Å². The SMILES string of the molecule is O=C(O)C(=O)O.O=[N+]([O-])c1cccc(CN2CCN(Cc3cccc(Cl)c3)CC2)c1. The first-order valence-electron chi connectivity index (χ1n) is 9.13. The van der Waals surface area contributed by atoms with Gasteiger partial charge in [0.2, 0.25) is 0 Å². The van der Waals surface area contributed by atoms with Gasteiger partial charge in [0.05, 0.1) is 4.92 Å². The Labute approximate surface area is 178 Å². The van der Waals surface area contributed by atoms with Crippen LogP contribution in [0.25, 0.3) is 0 Å². The number of nitro groups is 1. The number of halogens is 1. The molecule has 160 valence electrons. The van der Waals surface area contributed by atoms with Crippen molar-refractivity contribution in [2.24, 2.45) is 0 Å².